The summed E-state index contributed by atoms with van der Waals surface area (Å²) in [6, 6.07) is 5.89. The Balaban J connectivity index is 1.47. The highest BCUT2D eigenvalue weighted by Crippen LogP contribution is 2.30. The fraction of sp³-hybridized carbons (Fsp3) is 0.474. The number of ether oxygens (including phenoxy) is 2. The molecule has 0 bridgehead atoms. The molecule has 2 aliphatic rings. The van der Waals surface area contributed by atoms with Gasteiger partial charge < -0.3 is 14.6 Å². The number of aliphatic hydroxyl groups is 1. The zero-order valence-electron chi connectivity index (χ0n) is 14.7. The van der Waals surface area contributed by atoms with Gasteiger partial charge in [0.1, 0.15) is 24.3 Å². The number of benzene rings is 1. The van der Waals surface area contributed by atoms with E-state index in [-0.39, 0.29) is 12.7 Å². The Morgan fingerprint density at radius 1 is 1.28 bits per heavy atom. The van der Waals surface area contributed by atoms with E-state index in [1.54, 1.807) is 0 Å². The second kappa shape index (κ2) is 6.61. The van der Waals surface area contributed by atoms with Gasteiger partial charge in [-0.15, -0.1) is 0 Å². The zero-order valence-corrected chi connectivity index (χ0v) is 14.7. The molecule has 4 rings (SSSR count). The molecule has 0 spiro atoms. The molecule has 0 aliphatic carbocycles. The van der Waals surface area contributed by atoms with Crippen molar-refractivity contribution in [2.45, 2.75) is 39.5 Å². The van der Waals surface area contributed by atoms with E-state index in [0.717, 1.165) is 65.9 Å². The largest absolute Gasteiger partial charge is 0.492 e. The first-order valence-electron chi connectivity index (χ1n) is 8.71. The minimum Gasteiger partial charge on any atom is -0.492 e. The van der Waals surface area contributed by atoms with Crippen LogP contribution in [0.5, 0.6) is 11.6 Å². The average molecular weight is 341 g/mol. The molecule has 2 aromatic rings. The van der Waals surface area contributed by atoms with E-state index < -0.39 is 0 Å². The summed E-state index contributed by atoms with van der Waals surface area (Å²) in [5, 5.41) is 9.37. The highest BCUT2D eigenvalue weighted by Gasteiger charge is 2.29. The summed E-state index contributed by atoms with van der Waals surface area (Å²) in [5.74, 6) is 2.40. The molecule has 6 nitrogen and oxygen atoms in total. The minimum atomic E-state index is 0.0472. The van der Waals surface area contributed by atoms with Gasteiger partial charge in [-0.1, -0.05) is 6.07 Å². The van der Waals surface area contributed by atoms with E-state index in [1.165, 1.54) is 0 Å². The van der Waals surface area contributed by atoms with Gasteiger partial charge in [-0.2, -0.15) is 4.98 Å². The number of aromatic nitrogens is 2. The molecule has 1 aromatic heterocycles. The van der Waals surface area contributed by atoms with Crippen molar-refractivity contribution in [2.24, 2.45) is 0 Å². The fourth-order valence-corrected chi connectivity index (χ4v) is 3.61. The van der Waals surface area contributed by atoms with Crippen molar-refractivity contribution >= 4 is 0 Å². The van der Waals surface area contributed by atoms with Crippen LogP contribution >= 0.6 is 0 Å². The minimum absolute atomic E-state index is 0.0472. The summed E-state index contributed by atoms with van der Waals surface area (Å²) in [7, 11) is 0. The molecule has 0 radical (unpaired) electrons. The van der Waals surface area contributed by atoms with Crippen LogP contribution in [0.2, 0.25) is 0 Å². The number of aryl methyl sites for hydroxylation is 2. The van der Waals surface area contributed by atoms with Crippen LogP contribution in [0.3, 0.4) is 0 Å². The smallest absolute Gasteiger partial charge is 0.220 e. The first kappa shape index (κ1) is 16.3. The maximum Gasteiger partial charge on any atom is 0.220 e. The number of aliphatic hydroxyl groups excluding tert-OH is 1. The molecular formula is C19H23N3O3. The Morgan fingerprint density at radius 3 is 3.00 bits per heavy atom. The molecule has 1 N–H and O–H groups in total. The first-order chi connectivity index (χ1) is 12.1. The van der Waals surface area contributed by atoms with Gasteiger partial charge in [-0.25, -0.2) is 4.98 Å². The van der Waals surface area contributed by atoms with E-state index in [2.05, 4.69) is 14.9 Å². The lowest BCUT2D eigenvalue weighted by atomic mass is 10.1. The highest BCUT2D eigenvalue weighted by atomic mass is 16.5. The fourth-order valence-electron chi connectivity index (χ4n) is 3.61. The SMILES string of the molecule is Cc1nc(C)c2c(n1)OC(CN1CCOc3ccc(CO)cc3C1)C2. The summed E-state index contributed by atoms with van der Waals surface area (Å²) < 4.78 is 11.9. The monoisotopic (exact) mass is 341 g/mol. The maximum atomic E-state index is 9.37. The van der Waals surface area contributed by atoms with Crippen molar-refractivity contribution < 1.29 is 14.6 Å². The molecule has 1 unspecified atom stereocenters. The molecule has 0 saturated heterocycles. The van der Waals surface area contributed by atoms with E-state index in [1.807, 2.05) is 32.0 Å². The second-order valence-corrected chi connectivity index (χ2v) is 6.77. The third kappa shape index (κ3) is 3.32. The Hall–Kier alpha value is -2.18. The van der Waals surface area contributed by atoms with Crippen molar-refractivity contribution in [1.82, 2.24) is 14.9 Å². The average Bonchev–Trinajstić information content (AvgIpc) is 2.87. The summed E-state index contributed by atoms with van der Waals surface area (Å²) in [6.07, 6.45) is 0.940. The van der Waals surface area contributed by atoms with Crippen LogP contribution in [0.25, 0.3) is 0 Å². The van der Waals surface area contributed by atoms with E-state index in [0.29, 0.717) is 6.61 Å². The maximum absolute atomic E-state index is 9.37. The van der Waals surface area contributed by atoms with Crippen LogP contribution in [-0.2, 0) is 19.6 Å². The van der Waals surface area contributed by atoms with Gasteiger partial charge in [0, 0.05) is 42.9 Å². The van der Waals surface area contributed by atoms with E-state index >= 15 is 0 Å². The second-order valence-electron chi connectivity index (χ2n) is 6.77. The number of hydrogen-bond donors (Lipinski definition) is 1. The van der Waals surface area contributed by atoms with Crippen LogP contribution < -0.4 is 9.47 Å². The van der Waals surface area contributed by atoms with Gasteiger partial charge in [0.2, 0.25) is 5.88 Å². The normalized spacial score (nSPS) is 19.6. The number of rotatable bonds is 3. The Bertz CT molecular complexity index is 794. The molecule has 1 aromatic carbocycles. The molecule has 2 aliphatic heterocycles. The zero-order chi connectivity index (χ0) is 17.4. The summed E-state index contributed by atoms with van der Waals surface area (Å²) in [6.45, 7) is 7.08. The predicted molar refractivity (Wildman–Crippen MR) is 92.8 cm³/mol. The van der Waals surface area contributed by atoms with E-state index in [4.69, 9.17) is 9.47 Å². The topological polar surface area (TPSA) is 67.7 Å². The van der Waals surface area contributed by atoms with Gasteiger partial charge in [0.05, 0.1) is 6.61 Å². The molecule has 3 heterocycles. The number of hydrogen-bond acceptors (Lipinski definition) is 6. The summed E-state index contributed by atoms with van der Waals surface area (Å²) >= 11 is 0. The van der Waals surface area contributed by atoms with Crippen LogP contribution in [0.15, 0.2) is 18.2 Å². The lowest BCUT2D eigenvalue weighted by molar-refractivity contribution is 0.135. The Morgan fingerprint density at radius 2 is 2.16 bits per heavy atom. The van der Waals surface area contributed by atoms with Crippen molar-refractivity contribution in [2.75, 3.05) is 19.7 Å². The molecule has 0 saturated carbocycles. The molecule has 132 valence electrons. The molecule has 6 heteroatoms. The lowest BCUT2D eigenvalue weighted by Crippen LogP contribution is -2.35. The molecule has 0 fully saturated rings. The van der Waals surface area contributed by atoms with Crippen LogP contribution in [0.4, 0.5) is 0 Å². The lowest BCUT2D eigenvalue weighted by Gasteiger charge is -2.22. The summed E-state index contributed by atoms with van der Waals surface area (Å²) in [4.78, 5) is 11.2. The van der Waals surface area contributed by atoms with Gasteiger partial charge in [0.25, 0.3) is 0 Å². The van der Waals surface area contributed by atoms with Crippen LogP contribution in [0, 0.1) is 13.8 Å². The molecule has 25 heavy (non-hydrogen) atoms. The van der Waals surface area contributed by atoms with Crippen molar-refractivity contribution in [3.05, 3.63) is 46.4 Å². The third-order valence-electron chi connectivity index (χ3n) is 4.83. The van der Waals surface area contributed by atoms with Gasteiger partial charge in [-0.3, -0.25) is 4.90 Å². The Kier molecular flexibility index (Phi) is 4.31. The third-order valence-corrected chi connectivity index (χ3v) is 4.83. The number of nitrogens with zero attached hydrogens (tertiary/aromatic N) is 3. The molecule has 0 amide bonds. The standard InChI is InChI=1S/C19H23N3O3/c1-12-17-8-16(25-19(17)21-13(2)20-12)10-22-5-6-24-18-4-3-14(11-23)7-15(18)9-22/h3-4,7,16,23H,5-6,8-11H2,1-2H3. The van der Waals surface area contributed by atoms with E-state index in [9.17, 15) is 5.11 Å². The number of fused-ring (bicyclic) bond motifs is 2. The summed E-state index contributed by atoms with van der Waals surface area (Å²) in [5.41, 5.74) is 4.17. The van der Waals surface area contributed by atoms with Crippen molar-refractivity contribution in [3.8, 4) is 11.6 Å². The van der Waals surface area contributed by atoms with Crippen molar-refractivity contribution in [1.29, 1.82) is 0 Å². The molecular weight excluding hydrogens is 318 g/mol. The first-order valence-corrected chi connectivity index (χ1v) is 8.71. The van der Waals surface area contributed by atoms with Crippen LogP contribution in [0.1, 0.15) is 28.2 Å². The van der Waals surface area contributed by atoms with Gasteiger partial charge >= 0.3 is 0 Å². The quantitative estimate of drug-likeness (QED) is 0.918. The Labute approximate surface area is 147 Å². The highest BCUT2D eigenvalue weighted by molar-refractivity contribution is 5.38. The molecule has 1 atom stereocenters. The predicted octanol–water partition coefficient (Wildman–Crippen LogP) is 1.78. The van der Waals surface area contributed by atoms with Crippen LogP contribution in [-0.4, -0.2) is 45.8 Å². The van der Waals surface area contributed by atoms with Gasteiger partial charge in [0.15, 0.2) is 0 Å². The van der Waals surface area contributed by atoms with Gasteiger partial charge in [-0.05, 0) is 31.5 Å². The van der Waals surface area contributed by atoms with Crippen molar-refractivity contribution in [3.63, 3.8) is 0 Å².